The Morgan fingerprint density at radius 3 is 3.00 bits per heavy atom. The van der Waals surface area contributed by atoms with Crippen LogP contribution < -0.4 is 0 Å². The topological polar surface area (TPSA) is 33.4 Å². The van der Waals surface area contributed by atoms with E-state index < -0.39 is 0 Å². The predicted octanol–water partition coefficient (Wildman–Crippen LogP) is 1.72. The van der Waals surface area contributed by atoms with Crippen LogP contribution in [0.2, 0.25) is 0 Å². The van der Waals surface area contributed by atoms with Crippen molar-refractivity contribution in [2.24, 2.45) is 0 Å². The van der Waals surface area contributed by atoms with Crippen LogP contribution in [0.3, 0.4) is 0 Å². The average molecular weight is 126 g/mol. The molecular weight excluding hydrogens is 116 g/mol. The van der Waals surface area contributed by atoms with Gasteiger partial charge in [0.2, 0.25) is 0 Å². The van der Waals surface area contributed by atoms with Gasteiger partial charge in [0.05, 0.1) is 18.6 Å². The number of furan rings is 1. The van der Waals surface area contributed by atoms with E-state index in [0.29, 0.717) is 0 Å². The van der Waals surface area contributed by atoms with Gasteiger partial charge in [-0.1, -0.05) is 6.92 Å². The highest BCUT2D eigenvalue weighted by Crippen LogP contribution is 2.15. The zero-order valence-corrected chi connectivity index (χ0v) is 5.37. The quantitative estimate of drug-likeness (QED) is 0.654. The molecule has 1 N–H and O–H groups in total. The standard InChI is InChI=1S/C7H10O2/c1-2-7(8)6-3-4-9-5-6/h3-5,7-8H,2H2,1H3/t7-/m1/s1. The fourth-order valence-electron chi connectivity index (χ4n) is 0.700. The highest BCUT2D eigenvalue weighted by molar-refractivity contribution is 5.08. The molecule has 0 unspecified atom stereocenters. The number of aliphatic hydroxyl groups is 1. The molecule has 0 aliphatic carbocycles. The lowest BCUT2D eigenvalue weighted by molar-refractivity contribution is 0.173. The summed E-state index contributed by atoms with van der Waals surface area (Å²) < 4.78 is 4.78. The zero-order chi connectivity index (χ0) is 6.69. The van der Waals surface area contributed by atoms with Crippen molar-refractivity contribution in [2.75, 3.05) is 0 Å². The molecule has 9 heavy (non-hydrogen) atoms. The minimum atomic E-state index is -0.358. The first-order valence-corrected chi connectivity index (χ1v) is 3.04. The summed E-state index contributed by atoms with van der Waals surface area (Å²) in [5.74, 6) is 0. The van der Waals surface area contributed by atoms with E-state index >= 15 is 0 Å². The molecule has 0 aromatic carbocycles. The van der Waals surface area contributed by atoms with E-state index in [1.165, 1.54) is 0 Å². The van der Waals surface area contributed by atoms with Crippen LogP contribution in [0.1, 0.15) is 25.0 Å². The smallest absolute Gasteiger partial charge is 0.0960 e. The first-order valence-electron chi connectivity index (χ1n) is 3.04. The van der Waals surface area contributed by atoms with E-state index in [4.69, 9.17) is 9.52 Å². The minimum Gasteiger partial charge on any atom is -0.472 e. The molecule has 1 rings (SSSR count). The van der Waals surface area contributed by atoms with E-state index in [1.807, 2.05) is 6.92 Å². The fourth-order valence-corrected chi connectivity index (χ4v) is 0.700. The van der Waals surface area contributed by atoms with Crippen molar-refractivity contribution < 1.29 is 9.52 Å². The maximum absolute atomic E-state index is 9.16. The van der Waals surface area contributed by atoms with Crippen LogP contribution >= 0.6 is 0 Å². The summed E-state index contributed by atoms with van der Waals surface area (Å²) >= 11 is 0. The third-order valence-corrected chi connectivity index (χ3v) is 1.31. The Balaban J connectivity index is 2.65. The lowest BCUT2D eigenvalue weighted by Gasteiger charge is -2.00. The molecule has 1 aromatic heterocycles. The maximum atomic E-state index is 9.16. The molecule has 0 radical (unpaired) electrons. The van der Waals surface area contributed by atoms with E-state index in [9.17, 15) is 0 Å². The van der Waals surface area contributed by atoms with Crippen LogP contribution in [0.15, 0.2) is 23.0 Å². The van der Waals surface area contributed by atoms with Gasteiger partial charge in [0.25, 0.3) is 0 Å². The number of hydrogen-bond donors (Lipinski definition) is 1. The van der Waals surface area contributed by atoms with Crippen molar-refractivity contribution in [2.45, 2.75) is 19.4 Å². The van der Waals surface area contributed by atoms with Crippen LogP contribution in [0.25, 0.3) is 0 Å². The number of aliphatic hydroxyl groups excluding tert-OH is 1. The van der Waals surface area contributed by atoms with Gasteiger partial charge in [-0.3, -0.25) is 0 Å². The molecule has 0 aliphatic heterocycles. The summed E-state index contributed by atoms with van der Waals surface area (Å²) in [6.45, 7) is 1.93. The van der Waals surface area contributed by atoms with E-state index in [-0.39, 0.29) is 6.10 Å². The molecule has 1 aromatic rings. The Morgan fingerprint density at radius 1 is 1.78 bits per heavy atom. The average Bonchev–Trinajstić information content (AvgIpc) is 2.37. The molecule has 0 spiro atoms. The van der Waals surface area contributed by atoms with Crippen LogP contribution in [0, 0.1) is 0 Å². The van der Waals surface area contributed by atoms with Crippen molar-refractivity contribution in [3.05, 3.63) is 24.2 Å². The van der Waals surface area contributed by atoms with Crippen LogP contribution in [-0.2, 0) is 0 Å². The minimum absolute atomic E-state index is 0.358. The monoisotopic (exact) mass is 126 g/mol. The van der Waals surface area contributed by atoms with Crippen molar-refractivity contribution in [3.8, 4) is 0 Å². The summed E-state index contributed by atoms with van der Waals surface area (Å²) in [6, 6.07) is 1.77. The van der Waals surface area contributed by atoms with Gasteiger partial charge in [-0.05, 0) is 12.5 Å². The highest BCUT2D eigenvalue weighted by atomic mass is 16.3. The molecule has 0 amide bonds. The van der Waals surface area contributed by atoms with E-state index in [1.54, 1.807) is 18.6 Å². The van der Waals surface area contributed by atoms with Crippen LogP contribution in [-0.4, -0.2) is 5.11 Å². The Kier molecular flexibility index (Phi) is 1.90. The van der Waals surface area contributed by atoms with Gasteiger partial charge < -0.3 is 9.52 Å². The first kappa shape index (κ1) is 6.36. The fraction of sp³-hybridized carbons (Fsp3) is 0.429. The molecule has 2 heteroatoms. The molecular formula is C7H10O2. The van der Waals surface area contributed by atoms with Crippen molar-refractivity contribution in [3.63, 3.8) is 0 Å². The normalized spacial score (nSPS) is 13.6. The molecule has 50 valence electrons. The van der Waals surface area contributed by atoms with Gasteiger partial charge in [0.15, 0.2) is 0 Å². The van der Waals surface area contributed by atoms with Gasteiger partial charge in [-0.2, -0.15) is 0 Å². The van der Waals surface area contributed by atoms with Gasteiger partial charge in [0, 0.05) is 5.56 Å². The SMILES string of the molecule is CC[C@@H](O)c1ccoc1. The summed E-state index contributed by atoms with van der Waals surface area (Å²) in [7, 11) is 0. The second-order valence-electron chi connectivity index (χ2n) is 1.98. The van der Waals surface area contributed by atoms with Crippen LogP contribution in [0.5, 0.6) is 0 Å². The van der Waals surface area contributed by atoms with E-state index in [0.717, 1.165) is 12.0 Å². The van der Waals surface area contributed by atoms with Crippen LogP contribution in [0.4, 0.5) is 0 Å². The Labute approximate surface area is 54.1 Å². The van der Waals surface area contributed by atoms with Gasteiger partial charge in [-0.25, -0.2) is 0 Å². The maximum Gasteiger partial charge on any atom is 0.0960 e. The second kappa shape index (κ2) is 2.69. The third-order valence-electron chi connectivity index (χ3n) is 1.31. The van der Waals surface area contributed by atoms with Crippen molar-refractivity contribution in [1.29, 1.82) is 0 Å². The molecule has 0 bridgehead atoms. The number of hydrogen-bond acceptors (Lipinski definition) is 2. The zero-order valence-electron chi connectivity index (χ0n) is 5.37. The molecule has 0 saturated carbocycles. The van der Waals surface area contributed by atoms with Gasteiger partial charge in [-0.15, -0.1) is 0 Å². The Hall–Kier alpha value is -0.760. The predicted molar refractivity (Wildman–Crippen MR) is 34.0 cm³/mol. The highest BCUT2D eigenvalue weighted by Gasteiger charge is 2.03. The third kappa shape index (κ3) is 1.33. The summed E-state index contributed by atoms with van der Waals surface area (Å²) in [4.78, 5) is 0. The number of rotatable bonds is 2. The van der Waals surface area contributed by atoms with Crippen molar-refractivity contribution >= 4 is 0 Å². The Morgan fingerprint density at radius 2 is 2.56 bits per heavy atom. The lowest BCUT2D eigenvalue weighted by atomic mass is 10.1. The first-order chi connectivity index (χ1) is 4.34. The molecule has 1 atom stereocenters. The largest absolute Gasteiger partial charge is 0.472 e. The summed E-state index contributed by atoms with van der Waals surface area (Å²) in [5.41, 5.74) is 0.859. The second-order valence-corrected chi connectivity index (χ2v) is 1.98. The molecule has 0 aliphatic rings. The molecule has 0 fully saturated rings. The summed E-state index contributed by atoms with van der Waals surface area (Å²) in [5, 5.41) is 9.16. The van der Waals surface area contributed by atoms with Crippen molar-refractivity contribution in [1.82, 2.24) is 0 Å². The Bertz CT molecular complexity index is 155. The molecule has 1 heterocycles. The molecule has 2 nitrogen and oxygen atoms in total. The van der Waals surface area contributed by atoms with Gasteiger partial charge in [0.1, 0.15) is 0 Å². The summed E-state index contributed by atoms with van der Waals surface area (Å²) in [6.07, 6.45) is 3.51. The van der Waals surface area contributed by atoms with E-state index in [2.05, 4.69) is 0 Å². The lowest BCUT2D eigenvalue weighted by Crippen LogP contribution is -1.90. The molecule has 0 saturated heterocycles. The van der Waals surface area contributed by atoms with Gasteiger partial charge >= 0.3 is 0 Å².